The number of hydrogen-bond donors (Lipinski definition) is 0. The van der Waals surface area contributed by atoms with E-state index in [4.69, 9.17) is 18.5 Å². The molecule has 0 amide bonds. The molecule has 7 nitrogen and oxygen atoms in total. The Labute approximate surface area is 213 Å². The second kappa shape index (κ2) is 24.3. The smallest absolute Gasteiger partial charge is 0.330 e. The number of rotatable bonds is 26. The maximum Gasteiger partial charge on any atom is 0.330 e. The lowest BCUT2D eigenvalue weighted by molar-refractivity contribution is -0.138. The maximum absolute atomic E-state index is 13.2. The number of esters is 2. The Hall–Kier alpha value is -1.43. The fourth-order valence-corrected chi connectivity index (χ4v) is 5.17. The van der Waals surface area contributed by atoms with Gasteiger partial charge in [-0.1, -0.05) is 84.3 Å². The van der Waals surface area contributed by atoms with Crippen LogP contribution in [-0.2, 0) is 32.7 Å². The van der Waals surface area contributed by atoms with Crippen LogP contribution in [0, 0.1) is 0 Å². The number of hydrogen-bond acceptors (Lipinski definition) is 7. The van der Waals surface area contributed by atoms with Crippen LogP contribution in [0.3, 0.4) is 0 Å². The highest BCUT2D eigenvalue weighted by Gasteiger charge is 2.23. The van der Waals surface area contributed by atoms with E-state index in [0.29, 0.717) is 32.6 Å². The molecule has 0 radical (unpaired) electrons. The molecule has 0 aromatic carbocycles. The summed E-state index contributed by atoms with van der Waals surface area (Å²) in [4.78, 5) is 22.0. The minimum atomic E-state index is -3.06. The first-order chi connectivity index (χ1) is 17.0. The molecular formula is C27H49O7P. The van der Waals surface area contributed by atoms with Crippen molar-refractivity contribution < 1.29 is 32.7 Å². The van der Waals surface area contributed by atoms with Crippen LogP contribution >= 0.6 is 7.60 Å². The minimum absolute atomic E-state index is 0.379. The van der Waals surface area contributed by atoms with Crippen molar-refractivity contribution in [3.8, 4) is 0 Å². The summed E-state index contributed by atoms with van der Waals surface area (Å²) in [7, 11) is -3.06. The monoisotopic (exact) mass is 516 g/mol. The van der Waals surface area contributed by atoms with Crippen LogP contribution in [-0.4, -0.2) is 44.5 Å². The van der Waals surface area contributed by atoms with Crippen LogP contribution in [0.1, 0.15) is 103 Å². The third-order valence-corrected chi connectivity index (χ3v) is 7.53. The Morgan fingerprint density at radius 3 is 1.40 bits per heavy atom. The summed E-state index contributed by atoms with van der Waals surface area (Å²) >= 11 is 0. The van der Waals surface area contributed by atoms with E-state index in [2.05, 4.69) is 20.1 Å². The first-order valence-corrected chi connectivity index (χ1v) is 15.2. The van der Waals surface area contributed by atoms with Crippen LogP contribution in [0.4, 0.5) is 0 Å². The van der Waals surface area contributed by atoms with Crippen molar-refractivity contribution in [1.82, 2.24) is 0 Å². The van der Waals surface area contributed by atoms with Crippen LogP contribution in [0.2, 0.25) is 0 Å². The van der Waals surface area contributed by atoms with Gasteiger partial charge in [-0.05, 0) is 32.1 Å². The average Bonchev–Trinajstić information content (AvgIpc) is 2.86. The quantitative estimate of drug-likeness (QED) is 0.0508. The van der Waals surface area contributed by atoms with Crippen molar-refractivity contribution in [1.29, 1.82) is 0 Å². The predicted octanol–water partition coefficient (Wildman–Crippen LogP) is 7.54. The van der Waals surface area contributed by atoms with Crippen molar-refractivity contribution in [2.24, 2.45) is 0 Å². The zero-order valence-electron chi connectivity index (χ0n) is 22.0. The lowest BCUT2D eigenvalue weighted by Crippen LogP contribution is -2.04. The van der Waals surface area contributed by atoms with Gasteiger partial charge in [0.15, 0.2) is 0 Å². The highest BCUT2D eigenvalue weighted by molar-refractivity contribution is 7.53. The molecule has 0 aromatic heterocycles. The molecule has 204 valence electrons. The number of carbonyl (C=O) groups is 2. The second-order valence-corrected chi connectivity index (χ2v) is 10.9. The Morgan fingerprint density at radius 2 is 0.971 bits per heavy atom. The van der Waals surface area contributed by atoms with Gasteiger partial charge >= 0.3 is 19.5 Å². The van der Waals surface area contributed by atoms with Gasteiger partial charge in [0.1, 0.15) is 0 Å². The van der Waals surface area contributed by atoms with Gasteiger partial charge in [0.2, 0.25) is 0 Å². The van der Waals surface area contributed by atoms with Gasteiger partial charge in [-0.2, -0.15) is 0 Å². The zero-order chi connectivity index (χ0) is 26.0. The van der Waals surface area contributed by atoms with E-state index in [1.54, 1.807) is 0 Å². The first kappa shape index (κ1) is 33.6. The van der Waals surface area contributed by atoms with Crippen LogP contribution in [0.15, 0.2) is 25.3 Å². The molecule has 0 aromatic rings. The lowest BCUT2D eigenvalue weighted by Gasteiger charge is -2.19. The Morgan fingerprint density at radius 1 is 0.600 bits per heavy atom. The highest BCUT2D eigenvalue weighted by Crippen LogP contribution is 2.49. The van der Waals surface area contributed by atoms with E-state index >= 15 is 0 Å². The summed E-state index contributed by atoms with van der Waals surface area (Å²) in [5.41, 5.74) is 0. The number of carbonyl (C=O) groups excluding carboxylic acids is 2. The van der Waals surface area contributed by atoms with Gasteiger partial charge in [-0.15, -0.1) is 0 Å². The predicted molar refractivity (Wildman–Crippen MR) is 142 cm³/mol. The molecule has 0 heterocycles. The van der Waals surface area contributed by atoms with E-state index < -0.39 is 7.60 Å². The summed E-state index contributed by atoms with van der Waals surface area (Å²) in [6.45, 7) is 10.7. The molecule has 0 atom stereocenters. The van der Waals surface area contributed by atoms with Crippen molar-refractivity contribution in [2.45, 2.75) is 103 Å². The third-order valence-electron chi connectivity index (χ3n) is 5.51. The van der Waals surface area contributed by atoms with Gasteiger partial charge in [0.25, 0.3) is 0 Å². The van der Waals surface area contributed by atoms with Crippen LogP contribution < -0.4 is 0 Å². The molecule has 0 spiro atoms. The molecule has 0 unspecified atom stereocenters. The maximum atomic E-state index is 13.2. The fourth-order valence-electron chi connectivity index (χ4n) is 3.41. The van der Waals surface area contributed by atoms with E-state index in [1.165, 1.54) is 25.0 Å². The molecule has 8 heteroatoms. The standard InChI is InChI=1S/C27H49O7P/c1-4-7-8-15-20-25-35(30,33-23-18-13-9-11-16-21-31-26(28)5-2)34-24-19-14-10-12-17-22-32-27(29)6-3/h5-6H,2-4,7-25H2,1H3. The van der Waals surface area contributed by atoms with Crippen LogP contribution in [0.5, 0.6) is 0 Å². The first-order valence-electron chi connectivity index (χ1n) is 13.4. The molecule has 0 fully saturated rings. The normalized spacial score (nSPS) is 11.2. The Bertz CT molecular complexity index is 564. The molecule has 0 aliphatic carbocycles. The second-order valence-electron chi connectivity index (χ2n) is 8.69. The molecule has 35 heavy (non-hydrogen) atoms. The Kier molecular flexibility index (Phi) is 23.3. The lowest BCUT2D eigenvalue weighted by atomic mass is 10.1. The average molecular weight is 517 g/mol. The highest BCUT2D eigenvalue weighted by atomic mass is 31.2. The molecule has 0 bridgehead atoms. The summed E-state index contributed by atoms with van der Waals surface area (Å²) in [5.74, 6) is -0.759. The summed E-state index contributed by atoms with van der Waals surface area (Å²) in [6.07, 6.45) is 17.6. The van der Waals surface area contributed by atoms with E-state index in [9.17, 15) is 14.2 Å². The van der Waals surface area contributed by atoms with Crippen molar-refractivity contribution in [3.63, 3.8) is 0 Å². The van der Waals surface area contributed by atoms with Crippen molar-refractivity contribution in [2.75, 3.05) is 32.6 Å². The van der Waals surface area contributed by atoms with Gasteiger partial charge in [0.05, 0.1) is 32.6 Å². The molecule has 0 rings (SSSR count). The molecular weight excluding hydrogens is 467 g/mol. The van der Waals surface area contributed by atoms with Gasteiger partial charge in [-0.25, -0.2) is 9.59 Å². The molecule has 0 aliphatic rings. The van der Waals surface area contributed by atoms with Crippen molar-refractivity contribution in [3.05, 3.63) is 25.3 Å². The SMILES string of the molecule is C=CC(=O)OCCCCCCCOP(=O)(CCCCCCC)OCCCCCCCOC(=O)C=C. The molecule has 0 saturated heterocycles. The van der Waals surface area contributed by atoms with Gasteiger partial charge < -0.3 is 18.5 Å². The largest absolute Gasteiger partial charge is 0.463 e. The number of ether oxygens (including phenoxy) is 2. The van der Waals surface area contributed by atoms with E-state index in [0.717, 1.165) is 83.5 Å². The summed E-state index contributed by atoms with van der Waals surface area (Å²) < 4.78 is 34.7. The molecule has 0 saturated carbocycles. The fraction of sp³-hybridized carbons (Fsp3) is 0.778. The van der Waals surface area contributed by atoms with Crippen molar-refractivity contribution >= 4 is 19.5 Å². The third kappa shape index (κ3) is 22.8. The van der Waals surface area contributed by atoms with Gasteiger partial charge in [0, 0.05) is 12.2 Å². The summed E-state index contributed by atoms with van der Waals surface area (Å²) in [5, 5.41) is 0. The molecule has 0 N–H and O–H groups in total. The topological polar surface area (TPSA) is 88.1 Å². The zero-order valence-corrected chi connectivity index (χ0v) is 22.9. The number of unbranched alkanes of at least 4 members (excludes halogenated alkanes) is 12. The summed E-state index contributed by atoms with van der Waals surface area (Å²) in [6, 6.07) is 0. The minimum Gasteiger partial charge on any atom is -0.463 e. The van der Waals surface area contributed by atoms with E-state index in [1.807, 2.05) is 0 Å². The van der Waals surface area contributed by atoms with Crippen LogP contribution in [0.25, 0.3) is 0 Å². The Balaban J connectivity index is 4.04. The van der Waals surface area contributed by atoms with E-state index in [-0.39, 0.29) is 11.9 Å². The molecule has 0 aliphatic heterocycles. The van der Waals surface area contributed by atoms with Gasteiger partial charge in [-0.3, -0.25) is 4.57 Å².